The maximum atomic E-state index is 12.0. The van der Waals surface area contributed by atoms with E-state index >= 15 is 0 Å². The zero-order chi connectivity index (χ0) is 22.6. The Labute approximate surface area is 190 Å². The Balaban J connectivity index is 1.55. The van der Waals surface area contributed by atoms with Crippen LogP contribution in [0.15, 0.2) is 11.6 Å². The van der Waals surface area contributed by atoms with Gasteiger partial charge in [0.1, 0.15) is 0 Å². The van der Waals surface area contributed by atoms with Crippen molar-refractivity contribution in [2.24, 2.45) is 52.3 Å². The van der Waals surface area contributed by atoms with Crippen LogP contribution in [0, 0.1) is 52.3 Å². The minimum absolute atomic E-state index is 0.0364. The van der Waals surface area contributed by atoms with E-state index in [1.165, 1.54) is 44.9 Å². The van der Waals surface area contributed by atoms with E-state index in [0.29, 0.717) is 23.7 Å². The van der Waals surface area contributed by atoms with Crippen LogP contribution >= 0.6 is 0 Å². The summed E-state index contributed by atoms with van der Waals surface area (Å²) in [6.07, 6.45) is 13.5. The third-order valence-corrected chi connectivity index (χ3v) is 10.7. The highest BCUT2D eigenvalue weighted by atomic mass is 16.4. The van der Waals surface area contributed by atoms with Crippen LogP contribution in [0.25, 0.3) is 0 Å². The van der Waals surface area contributed by atoms with Crippen molar-refractivity contribution >= 4 is 5.97 Å². The van der Waals surface area contributed by atoms with Gasteiger partial charge < -0.3 is 10.2 Å². The van der Waals surface area contributed by atoms with E-state index in [-0.39, 0.29) is 11.3 Å². The lowest BCUT2D eigenvalue weighted by Crippen LogP contribution is -2.54. The number of allylic oxidation sites excluding steroid dienone is 2. The largest absolute Gasteiger partial charge is 0.481 e. The Kier molecular flexibility index (Phi) is 6.40. The summed E-state index contributed by atoms with van der Waals surface area (Å²) in [5.41, 5.74) is 2.14. The molecule has 176 valence electrons. The fourth-order valence-corrected chi connectivity index (χ4v) is 8.97. The number of aliphatic carboxylic acids is 1. The molecule has 4 aliphatic carbocycles. The molecule has 2 N–H and O–H groups in total. The van der Waals surface area contributed by atoms with Crippen molar-refractivity contribution in [2.75, 3.05) is 0 Å². The summed E-state index contributed by atoms with van der Waals surface area (Å²) in [6, 6.07) is 0. The zero-order valence-electron chi connectivity index (χ0n) is 20.6. The van der Waals surface area contributed by atoms with Crippen molar-refractivity contribution in [2.45, 2.75) is 105 Å². The average molecular weight is 431 g/mol. The van der Waals surface area contributed by atoms with Crippen molar-refractivity contribution in [3.05, 3.63) is 11.6 Å². The summed E-state index contributed by atoms with van der Waals surface area (Å²) >= 11 is 0. The SMILES string of the molecule is CC(C)CCC[C@@H](C)[C@H]1CC[C@H]2C3=CC[C@H]4[C@H](C(=O)O)[C@@H](O)CC[C@]4(C)[C@H]3CC[C@]12C. The number of rotatable bonds is 6. The van der Waals surface area contributed by atoms with Crippen LogP contribution in [0.2, 0.25) is 0 Å². The molecule has 4 rings (SSSR count). The second-order valence-electron chi connectivity index (χ2n) is 12.7. The number of fused-ring (bicyclic) bond motifs is 5. The Morgan fingerprint density at radius 2 is 1.71 bits per heavy atom. The first-order chi connectivity index (χ1) is 14.6. The monoisotopic (exact) mass is 430 g/mol. The van der Waals surface area contributed by atoms with Crippen LogP contribution in [-0.4, -0.2) is 22.3 Å². The molecule has 3 saturated carbocycles. The number of aliphatic hydroxyl groups excluding tert-OH is 1. The number of carbonyl (C=O) groups is 1. The molecule has 0 bridgehead atoms. The third kappa shape index (κ3) is 3.81. The first kappa shape index (κ1) is 23.3. The van der Waals surface area contributed by atoms with Crippen LogP contribution in [0.5, 0.6) is 0 Å². The van der Waals surface area contributed by atoms with Gasteiger partial charge in [0, 0.05) is 0 Å². The summed E-state index contributed by atoms with van der Waals surface area (Å²) in [5, 5.41) is 20.3. The van der Waals surface area contributed by atoms with Gasteiger partial charge in [0.15, 0.2) is 0 Å². The van der Waals surface area contributed by atoms with Gasteiger partial charge in [-0.25, -0.2) is 0 Å². The molecule has 0 aromatic heterocycles. The maximum Gasteiger partial charge on any atom is 0.309 e. The highest BCUT2D eigenvalue weighted by Gasteiger charge is 2.60. The van der Waals surface area contributed by atoms with Crippen LogP contribution in [0.1, 0.15) is 98.8 Å². The van der Waals surface area contributed by atoms with Gasteiger partial charge in [-0.3, -0.25) is 4.79 Å². The van der Waals surface area contributed by atoms with Crippen LogP contribution < -0.4 is 0 Å². The van der Waals surface area contributed by atoms with E-state index in [4.69, 9.17) is 0 Å². The second kappa shape index (κ2) is 8.50. The molecule has 3 fully saturated rings. The van der Waals surface area contributed by atoms with Gasteiger partial charge in [0.05, 0.1) is 12.0 Å². The highest BCUT2D eigenvalue weighted by molar-refractivity contribution is 5.71. The second-order valence-corrected chi connectivity index (χ2v) is 12.7. The van der Waals surface area contributed by atoms with Gasteiger partial charge in [0.2, 0.25) is 0 Å². The third-order valence-electron chi connectivity index (χ3n) is 10.7. The summed E-state index contributed by atoms with van der Waals surface area (Å²) < 4.78 is 0. The van der Waals surface area contributed by atoms with E-state index in [9.17, 15) is 15.0 Å². The molecule has 31 heavy (non-hydrogen) atoms. The quantitative estimate of drug-likeness (QED) is 0.461. The van der Waals surface area contributed by atoms with Gasteiger partial charge >= 0.3 is 5.97 Å². The molecular weight excluding hydrogens is 384 g/mol. The number of aliphatic hydroxyl groups is 1. The van der Waals surface area contributed by atoms with Crippen molar-refractivity contribution in [1.82, 2.24) is 0 Å². The predicted octanol–water partition coefficient (Wildman–Crippen LogP) is 6.70. The Morgan fingerprint density at radius 1 is 1.03 bits per heavy atom. The van der Waals surface area contributed by atoms with Gasteiger partial charge in [-0.15, -0.1) is 0 Å². The first-order valence-electron chi connectivity index (χ1n) is 13.2. The normalized spacial score (nSPS) is 45.5. The number of hydrogen-bond acceptors (Lipinski definition) is 2. The molecule has 0 aromatic rings. The Morgan fingerprint density at radius 3 is 2.39 bits per heavy atom. The molecule has 0 spiro atoms. The number of carboxylic acid groups (broad SMARTS) is 1. The zero-order valence-corrected chi connectivity index (χ0v) is 20.6. The Hall–Kier alpha value is -0.830. The lowest BCUT2D eigenvalue weighted by molar-refractivity contribution is -0.160. The molecule has 0 amide bonds. The van der Waals surface area contributed by atoms with Gasteiger partial charge in [-0.05, 0) is 91.3 Å². The molecule has 4 aliphatic rings. The van der Waals surface area contributed by atoms with E-state index in [1.807, 2.05) is 0 Å². The first-order valence-corrected chi connectivity index (χ1v) is 13.2. The Bertz CT molecular complexity index is 711. The topological polar surface area (TPSA) is 57.5 Å². The number of carboxylic acids is 1. The van der Waals surface area contributed by atoms with Crippen molar-refractivity contribution in [3.8, 4) is 0 Å². The molecule has 0 aliphatic heterocycles. The lowest BCUT2D eigenvalue weighted by atomic mass is 9.46. The average Bonchev–Trinajstić information content (AvgIpc) is 3.05. The van der Waals surface area contributed by atoms with E-state index < -0.39 is 18.0 Å². The molecule has 0 saturated heterocycles. The minimum atomic E-state index is -0.794. The lowest BCUT2D eigenvalue weighted by Gasteiger charge is -2.59. The van der Waals surface area contributed by atoms with Crippen molar-refractivity contribution < 1.29 is 15.0 Å². The molecule has 3 heteroatoms. The standard InChI is InChI=1S/C28H46O3/c1-17(2)7-6-8-18(3)20-11-12-21-19-9-10-23-25(26(30)31)24(29)14-16-28(23,5)22(19)13-15-27(20,21)4/h9,17-18,20-25,29H,6-8,10-16H2,1-5H3,(H,30,31)/t18-,20-,21+,22+,23+,24+,25+,27-,28-/m1/s1. The number of hydrogen-bond donors (Lipinski definition) is 2. The van der Waals surface area contributed by atoms with Crippen LogP contribution in [0.3, 0.4) is 0 Å². The summed E-state index contributed by atoms with van der Waals surface area (Å²) in [7, 11) is 0. The maximum absolute atomic E-state index is 12.0. The predicted molar refractivity (Wildman–Crippen MR) is 126 cm³/mol. The summed E-state index contributed by atoms with van der Waals surface area (Å²) in [5.74, 6) is 2.35. The molecule has 0 heterocycles. The van der Waals surface area contributed by atoms with E-state index in [0.717, 1.165) is 30.6 Å². The minimum Gasteiger partial charge on any atom is -0.481 e. The molecule has 3 nitrogen and oxygen atoms in total. The molecule has 0 unspecified atom stereocenters. The van der Waals surface area contributed by atoms with Crippen LogP contribution in [-0.2, 0) is 4.79 Å². The fourth-order valence-electron chi connectivity index (χ4n) is 8.97. The fraction of sp³-hybridized carbons (Fsp3) is 0.893. The molecule has 0 aromatic carbocycles. The molecule has 9 atom stereocenters. The van der Waals surface area contributed by atoms with Crippen molar-refractivity contribution in [1.29, 1.82) is 0 Å². The molecule has 0 radical (unpaired) electrons. The van der Waals surface area contributed by atoms with E-state index in [1.54, 1.807) is 5.57 Å². The van der Waals surface area contributed by atoms with Crippen LogP contribution in [0.4, 0.5) is 0 Å². The van der Waals surface area contributed by atoms with Gasteiger partial charge in [0.25, 0.3) is 0 Å². The summed E-state index contributed by atoms with van der Waals surface area (Å²) in [6.45, 7) is 12.1. The van der Waals surface area contributed by atoms with Crippen molar-refractivity contribution in [3.63, 3.8) is 0 Å². The summed E-state index contributed by atoms with van der Waals surface area (Å²) in [4.78, 5) is 12.0. The van der Waals surface area contributed by atoms with Gasteiger partial charge in [-0.2, -0.15) is 0 Å². The van der Waals surface area contributed by atoms with Gasteiger partial charge in [-0.1, -0.05) is 65.5 Å². The molecular formula is C28H46O3. The smallest absolute Gasteiger partial charge is 0.309 e. The highest BCUT2D eigenvalue weighted by Crippen LogP contribution is 2.67. The van der Waals surface area contributed by atoms with E-state index in [2.05, 4.69) is 40.7 Å².